The number of hydrogen-bond acceptors (Lipinski definition) is 3. The van der Waals surface area contributed by atoms with Crippen LogP contribution in [-0.2, 0) is 4.79 Å². The minimum atomic E-state index is 0.120. The van der Waals surface area contributed by atoms with Gasteiger partial charge < -0.3 is 10.2 Å². The van der Waals surface area contributed by atoms with Crippen LogP contribution in [0, 0.1) is 0 Å². The molecule has 1 unspecified atom stereocenters. The van der Waals surface area contributed by atoms with Crippen molar-refractivity contribution in [3.05, 3.63) is 21.3 Å². The molecule has 98 valence electrons. The van der Waals surface area contributed by atoms with Crippen molar-refractivity contribution in [1.29, 1.82) is 0 Å². The smallest absolute Gasteiger partial charge is 0.222 e. The lowest BCUT2D eigenvalue weighted by molar-refractivity contribution is -0.132. The zero-order valence-electron chi connectivity index (χ0n) is 9.71. The molecule has 2 heterocycles. The Morgan fingerprint density at radius 3 is 2.78 bits per heavy atom. The van der Waals surface area contributed by atoms with E-state index in [2.05, 4.69) is 10.3 Å². The van der Waals surface area contributed by atoms with Crippen LogP contribution in [-0.4, -0.2) is 35.4 Å². The fraction of sp³-hybridized carbons (Fsp3) is 0.455. The lowest BCUT2D eigenvalue weighted by atomic mass is 10.1. The Bertz CT molecular complexity index is 481. The van der Waals surface area contributed by atoms with E-state index in [0.29, 0.717) is 28.8 Å². The topological polar surface area (TPSA) is 45.2 Å². The maximum Gasteiger partial charge on any atom is 0.222 e. The Balaban J connectivity index is 2.10. The van der Waals surface area contributed by atoms with E-state index in [4.69, 9.17) is 34.8 Å². The lowest BCUT2D eigenvalue weighted by Crippen LogP contribution is -2.43. The number of aromatic nitrogens is 1. The van der Waals surface area contributed by atoms with Crippen LogP contribution in [0.4, 0.5) is 5.82 Å². The van der Waals surface area contributed by atoms with Gasteiger partial charge in [0.1, 0.15) is 11.0 Å². The standard InChI is InChI=1S/C11H12Cl3N3O/c1-17-5-6(2-3-9(17)18)15-11-8(13)4-7(12)10(14)16-11/h4,6H,2-3,5H2,1H3,(H,15,16). The second-order valence-corrected chi connectivity index (χ2v) is 5.42. The van der Waals surface area contributed by atoms with Crippen LogP contribution in [0.25, 0.3) is 0 Å². The van der Waals surface area contributed by atoms with Gasteiger partial charge in [0.15, 0.2) is 0 Å². The fourth-order valence-corrected chi connectivity index (χ4v) is 2.42. The highest BCUT2D eigenvalue weighted by Crippen LogP contribution is 2.29. The monoisotopic (exact) mass is 307 g/mol. The van der Waals surface area contributed by atoms with Gasteiger partial charge >= 0.3 is 0 Å². The molecule has 1 saturated heterocycles. The van der Waals surface area contributed by atoms with Gasteiger partial charge in [-0.3, -0.25) is 4.79 Å². The number of carbonyl (C=O) groups is 1. The summed E-state index contributed by atoms with van der Waals surface area (Å²) in [7, 11) is 1.78. The van der Waals surface area contributed by atoms with E-state index >= 15 is 0 Å². The maximum atomic E-state index is 11.4. The number of pyridine rings is 1. The average molecular weight is 309 g/mol. The van der Waals surface area contributed by atoms with Crippen LogP contribution >= 0.6 is 34.8 Å². The van der Waals surface area contributed by atoms with Gasteiger partial charge in [0, 0.05) is 26.1 Å². The summed E-state index contributed by atoms with van der Waals surface area (Å²) in [5.41, 5.74) is 0. The van der Waals surface area contributed by atoms with E-state index in [0.717, 1.165) is 6.42 Å². The van der Waals surface area contributed by atoms with Gasteiger partial charge in [-0.25, -0.2) is 4.98 Å². The second-order valence-electron chi connectivity index (χ2n) is 4.25. The van der Waals surface area contributed by atoms with Crippen LogP contribution in [0.15, 0.2) is 6.07 Å². The van der Waals surface area contributed by atoms with Crippen molar-refractivity contribution in [2.45, 2.75) is 18.9 Å². The zero-order valence-corrected chi connectivity index (χ0v) is 12.0. The molecule has 0 radical (unpaired) electrons. The van der Waals surface area contributed by atoms with Crippen molar-refractivity contribution < 1.29 is 4.79 Å². The first kappa shape index (κ1) is 13.7. The normalized spacial score (nSPS) is 20.1. The highest BCUT2D eigenvalue weighted by atomic mass is 35.5. The summed E-state index contributed by atoms with van der Waals surface area (Å²) in [5.74, 6) is 0.653. The summed E-state index contributed by atoms with van der Waals surface area (Å²) in [6.07, 6.45) is 1.27. The number of likely N-dealkylation sites (tertiary alicyclic amines) is 1. The van der Waals surface area contributed by atoms with E-state index < -0.39 is 0 Å². The molecular formula is C11H12Cl3N3O. The molecule has 1 fully saturated rings. The number of nitrogens with one attached hydrogen (secondary N) is 1. The fourth-order valence-electron chi connectivity index (χ4n) is 1.87. The lowest BCUT2D eigenvalue weighted by Gasteiger charge is -2.30. The van der Waals surface area contributed by atoms with Gasteiger partial charge in [-0.1, -0.05) is 34.8 Å². The first-order chi connectivity index (χ1) is 8.47. The predicted octanol–water partition coefficient (Wildman–Crippen LogP) is 3.07. The van der Waals surface area contributed by atoms with Gasteiger partial charge in [-0.15, -0.1) is 0 Å². The molecule has 1 N–H and O–H groups in total. The van der Waals surface area contributed by atoms with E-state index in [1.807, 2.05) is 0 Å². The van der Waals surface area contributed by atoms with Crippen LogP contribution in [0.2, 0.25) is 15.2 Å². The summed E-state index contributed by atoms with van der Waals surface area (Å²) in [5, 5.41) is 4.14. The molecule has 0 spiro atoms. The summed E-state index contributed by atoms with van der Waals surface area (Å²) >= 11 is 17.7. The molecule has 0 bridgehead atoms. The minimum absolute atomic E-state index is 0.120. The van der Waals surface area contributed by atoms with Gasteiger partial charge in [0.25, 0.3) is 0 Å². The molecule has 1 aliphatic rings. The number of piperidine rings is 1. The van der Waals surface area contributed by atoms with Crippen molar-refractivity contribution in [3.8, 4) is 0 Å². The third-order valence-corrected chi connectivity index (χ3v) is 3.82. The van der Waals surface area contributed by atoms with Gasteiger partial charge in [-0.2, -0.15) is 0 Å². The Morgan fingerprint density at radius 1 is 1.39 bits per heavy atom. The largest absolute Gasteiger partial charge is 0.364 e. The molecule has 1 amide bonds. The van der Waals surface area contributed by atoms with E-state index in [1.54, 1.807) is 18.0 Å². The number of halogens is 3. The van der Waals surface area contributed by atoms with Crippen LogP contribution in [0.5, 0.6) is 0 Å². The second kappa shape index (κ2) is 5.51. The highest BCUT2D eigenvalue weighted by molar-refractivity contribution is 6.42. The van der Waals surface area contributed by atoms with Crippen LogP contribution in [0.1, 0.15) is 12.8 Å². The molecule has 7 heteroatoms. The third kappa shape index (κ3) is 2.99. The van der Waals surface area contributed by atoms with Crippen molar-refractivity contribution >= 4 is 46.5 Å². The molecule has 18 heavy (non-hydrogen) atoms. The number of anilines is 1. The van der Waals surface area contributed by atoms with E-state index in [-0.39, 0.29) is 17.1 Å². The van der Waals surface area contributed by atoms with Crippen molar-refractivity contribution in [2.75, 3.05) is 18.9 Å². The molecule has 0 aliphatic carbocycles. The molecule has 2 rings (SSSR count). The average Bonchev–Trinajstić information content (AvgIpc) is 2.31. The van der Waals surface area contributed by atoms with Crippen molar-refractivity contribution in [2.24, 2.45) is 0 Å². The number of likely N-dealkylation sites (N-methyl/N-ethyl adjacent to an activating group) is 1. The number of hydrogen-bond donors (Lipinski definition) is 1. The number of nitrogens with zero attached hydrogens (tertiary/aromatic N) is 2. The number of amides is 1. The summed E-state index contributed by atoms with van der Waals surface area (Å²) < 4.78 is 0. The summed E-state index contributed by atoms with van der Waals surface area (Å²) in [6, 6.07) is 1.67. The zero-order chi connectivity index (χ0) is 13.3. The number of rotatable bonds is 2. The molecule has 1 aliphatic heterocycles. The quantitative estimate of drug-likeness (QED) is 0.854. The Hall–Kier alpha value is -0.710. The number of carbonyl (C=O) groups excluding carboxylic acids is 1. The molecule has 1 atom stereocenters. The molecule has 1 aromatic rings. The van der Waals surface area contributed by atoms with Crippen LogP contribution in [0.3, 0.4) is 0 Å². The minimum Gasteiger partial charge on any atom is -0.364 e. The Labute approximate surface area is 120 Å². The summed E-state index contributed by atoms with van der Waals surface area (Å²) in [6.45, 7) is 0.622. The first-order valence-electron chi connectivity index (χ1n) is 5.49. The predicted molar refractivity (Wildman–Crippen MR) is 73.5 cm³/mol. The molecule has 0 aromatic carbocycles. The van der Waals surface area contributed by atoms with Gasteiger partial charge in [0.05, 0.1) is 10.0 Å². The van der Waals surface area contributed by atoms with Crippen LogP contribution < -0.4 is 5.32 Å². The van der Waals surface area contributed by atoms with E-state index in [1.165, 1.54) is 0 Å². The highest BCUT2D eigenvalue weighted by Gasteiger charge is 2.23. The maximum absolute atomic E-state index is 11.4. The third-order valence-electron chi connectivity index (χ3n) is 2.85. The van der Waals surface area contributed by atoms with Gasteiger partial charge in [0.2, 0.25) is 5.91 Å². The van der Waals surface area contributed by atoms with Crippen molar-refractivity contribution in [1.82, 2.24) is 9.88 Å². The molecule has 0 saturated carbocycles. The first-order valence-corrected chi connectivity index (χ1v) is 6.63. The Morgan fingerprint density at radius 2 is 2.11 bits per heavy atom. The molecule has 4 nitrogen and oxygen atoms in total. The molecule has 1 aromatic heterocycles. The van der Waals surface area contributed by atoms with Crippen molar-refractivity contribution in [3.63, 3.8) is 0 Å². The van der Waals surface area contributed by atoms with E-state index in [9.17, 15) is 4.79 Å². The molecular weight excluding hydrogens is 297 g/mol. The Kier molecular flexibility index (Phi) is 4.20. The van der Waals surface area contributed by atoms with Gasteiger partial charge in [-0.05, 0) is 12.5 Å². The SMILES string of the molecule is CN1CC(Nc2nc(Cl)c(Cl)cc2Cl)CCC1=O. The summed E-state index contributed by atoms with van der Waals surface area (Å²) in [4.78, 5) is 17.2.